The SMILES string of the molecule is CC(O)Cc1ncccc1-n1c(C(C)C)cc2cnc(Nc3ccc(N4CCC5(CCN(C)CC5)CC4)cc3)nc21. The van der Waals surface area contributed by atoms with Crippen LogP contribution >= 0.6 is 0 Å². The normalized spacial score (nSPS) is 18.3. The number of piperidine rings is 2. The summed E-state index contributed by atoms with van der Waals surface area (Å²) in [6.45, 7) is 10.9. The number of aliphatic hydroxyl groups is 1. The molecule has 5 heterocycles. The van der Waals surface area contributed by atoms with Crippen LogP contribution in [0.2, 0.25) is 0 Å². The number of fused-ring (bicyclic) bond motifs is 1. The van der Waals surface area contributed by atoms with Gasteiger partial charge in [-0.2, -0.15) is 4.98 Å². The molecule has 2 saturated heterocycles. The van der Waals surface area contributed by atoms with Crippen molar-refractivity contribution in [2.24, 2.45) is 5.41 Å². The third-order valence-electron chi connectivity index (χ3n) is 9.12. The van der Waals surface area contributed by atoms with E-state index < -0.39 is 6.10 Å². The Morgan fingerprint density at radius 3 is 2.34 bits per heavy atom. The lowest BCUT2D eigenvalue weighted by Crippen LogP contribution is -2.46. The first-order valence-electron chi connectivity index (χ1n) is 15.1. The molecule has 216 valence electrons. The zero-order valence-corrected chi connectivity index (χ0v) is 24.8. The molecule has 0 radical (unpaired) electrons. The molecule has 1 atom stereocenters. The van der Waals surface area contributed by atoms with Gasteiger partial charge in [0.05, 0.1) is 17.5 Å². The number of hydrogen-bond acceptors (Lipinski definition) is 7. The van der Waals surface area contributed by atoms with Crippen LogP contribution in [-0.2, 0) is 6.42 Å². The largest absolute Gasteiger partial charge is 0.393 e. The van der Waals surface area contributed by atoms with Crippen molar-refractivity contribution in [3.63, 3.8) is 0 Å². The van der Waals surface area contributed by atoms with Gasteiger partial charge in [0.1, 0.15) is 5.65 Å². The highest BCUT2D eigenvalue weighted by atomic mass is 16.3. The van der Waals surface area contributed by atoms with Gasteiger partial charge in [-0.15, -0.1) is 0 Å². The van der Waals surface area contributed by atoms with Crippen molar-refractivity contribution in [1.29, 1.82) is 0 Å². The minimum Gasteiger partial charge on any atom is -0.393 e. The summed E-state index contributed by atoms with van der Waals surface area (Å²) < 4.78 is 2.17. The molecule has 0 aliphatic carbocycles. The Morgan fingerprint density at radius 2 is 1.66 bits per heavy atom. The first-order chi connectivity index (χ1) is 19.8. The van der Waals surface area contributed by atoms with Crippen molar-refractivity contribution < 1.29 is 5.11 Å². The lowest BCUT2D eigenvalue weighted by atomic mass is 9.71. The standard InChI is InChI=1S/C33H43N7O/c1-23(2)30-21-25-22-35-32(37-31(25)40(30)29-6-5-15-34-28(29)20-24(3)41)36-26-7-9-27(10-8-26)39-18-13-33(14-19-39)11-16-38(4)17-12-33/h5-10,15,21-24,41H,11-14,16-20H2,1-4H3,(H,35,36,37). The highest BCUT2D eigenvalue weighted by Crippen LogP contribution is 2.42. The van der Waals surface area contributed by atoms with Crippen molar-refractivity contribution in [3.05, 3.63) is 66.2 Å². The van der Waals surface area contributed by atoms with Crippen LogP contribution in [0.15, 0.2) is 54.9 Å². The van der Waals surface area contributed by atoms with E-state index in [1.807, 2.05) is 12.3 Å². The van der Waals surface area contributed by atoms with Crippen LogP contribution in [0.1, 0.15) is 63.8 Å². The zero-order chi connectivity index (χ0) is 28.6. The average molecular weight is 554 g/mol. The molecule has 2 aliphatic rings. The summed E-state index contributed by atoms with van der Waals surface area (Å²) in [4.78, 5) is 19.2. The van der Waals surface area contributed by atoms with E-state index in [4.69, 9.17) is 4.98 Å². The van der Waals surface area contributed by atoms with E-state index in [9.17, 15) is 5.11 Å². The predicted molar refractivity (Wildman–Crippen MR) is 166 cm³/mol. The molecule has 41 heavy (non-hydrogen) atoms. The van der Waals surface area contributed by atoms with Crippen molar-refractivity contribution in [2.45, 2.75) is 64.9 Å². The Hall–Kier alpha value is -3.49. The Morgan fingerprint density at radius 1 is 0.951 bits per heavy atom. The Balaban J connectivity index is 1.22. The number of rotatable bonds is 7. The third-order valence-corrected chi connectivity index (χ3v) is 9.12. The van der Waals surface area contributed by atoms with Gasteiger partial charge < -0.3 is 20.2 Å². The lowest BCUT2D eigenvalue weighted by molar-refractivity contribution is 0.0945. The van der Waals surface area contributed by atoms with Gasteiger partial charge in [-0.05, 0) is 107 Å². The van der Waals surface area contributed by atoms with Crippen molar-refractivity contribution in [1.82, 2.24) is 24.4 Å². The summed E-state index contributed by atoms with van der Waals surface area (Å²) in [5, 5.41) is 14.5. The average Bonchev–Trinajstić information content (AvgIpc) is 3.35. The molecule has 4 aromatic rings. The van der Waals surface area contributed by atoms with Crippen LogP contribution in [0.3, 0.4) is 0 Å². The lowest BCUT2D eigenvalue weighted by Gasteiger charge is -2.46. The van der Waals surface area contributed by atoms with Crippen LogP contribution in [0.25, 0.3) is 16.7 Å². The minimum atomic E-state index is -0.483. The summed E-state index contributed by atoms with van der Waals surface area (Å²) >= 11 is 0. The fourth-order valence-electron chi connectivity index (χ4n) is 6.53. The van der Waals surface area contributed by atoms with Gasteiger partial charge >= 0.3 is 0 Å². The number of aromatic nitrogens is 4. The van der Waals surface area contributed by atoms with E-state index in [0.717, 1.165) is 46.9 Å². The summed E-state index contributed by atoms with van der Waals surface area (Å²) in [6.07, 6.45) is 8.94. The summed E-state index contributed by atoms with van der Waals surface area (Å²) in [5.41, 5.74) is 6.58. The highest BCUT2D eigenvalue weighted by Gasteiger charge is 2.36. The maximum Gasteiger partial charge on any atom is 0.229 e. The summed E-state index contributed by atoms with van der Waals surface area (Å²) in [7, 11) is 2.25. The second-order valence-electron chi connectivity index (χ2n) is 12.5. The second-order valence-corrected chi connectivity index (χ2v) is 12.5. The molecule has 6 rings (SSSR count). The van der Waals surface area contributed by atoms with Crippen LogP contribution in [0, 0.1) is 5.41 Å². The number of aliphatic hydroxyl groups excluding tert-OH is 1. The maximum absolute atomic E-state index is 10.1. The zero-order valence-electron chi connectivity index (χ0n) is 24.8. The topological polar surface area (TPSA) is 82.3 Å². The minimum absolute atomic E-state index is 0.275. The van der Waals surface area contributed by atoms with Gasteiger partial charge in [-0.1, -0.05) is 13.8 Å². The highest BCUT2D eigenvalue weighted by molar-refractivity contribution is 5.81. The number of benzene rings is 1. The van der Waals surface area contributed by atoms with Crippen molar-refractivity contribution in [2.75, 3.05) is 43.4 Å². The van der Waals surface area contributed by atoms with Gasteiger partial charge in [0.2, 0.25) is 5.95 Å². The molecular weight excluding hydrogens is 510 g/mol. The van der Waals surface area contributed by atoms with Gasteiger partial charge in [0.15, 0.2) is 0 Å². The molecule has 1 unspecified atom stereocenters. The summed E-state index contributed by atoms with van der Waals surface area (Å²) in [5.74, 6) is 0.833. The molecule has 3 aromatic heterocycles. The van der Waals surface area contributed by atoms with E-state index in [-0.39, 0.29) is 5.92 Å². The Bertz CT molecular complexity index is 1480. The smallest absolute Gasteiger partial charge is 0.229 e. The van der Waals surface area contributed by atoms with E-state index in [2.05, 4.69) is 86.9 Å². The number of hydrogen-bond donors (Lipinski definition) is 2. The fraction of sp³-hybridized carbons (Fsp3) is 0.485. The number of nitrogens with zero attached hydrogens (tertiary/aromatic N) is 6. The molecule has 2 aliphatic heterocycles. The number of likely N-dealkylation sites (tertiary alicyclic amines) is 1. The first-order valence-corrected chi connectivity index (χ1v) is 15.1. The van der Waals surface area contributed by atoms with Crippen LogP contribution in [-0.4, -0.2) is 68.9 Å². The number of nitrogens with one attached hydrogen (secondary N) is 1. The van der Waals surface area contributed by atoms with E-state index in [0.29, 0.717) is 17.8 Å². The maximum atomic E-state index is 10.1. The molecule has 1 spiro atoms. The molecular formula is C33H43N7O. The summed E-state index contributed by atoms with van der Waals surface area (Å²) in [6, 6.07) is 14.8. The monoisotopic (exact) mass is 553 g/mol. The Kier molecular flexibility index (Phi) is 7.70. The Labute approximate surface area is 243 Å². The van der Waals surface area contributed by atoms with Gasteiger partial charge in [0.25, 0.3) is 0 Å². The quantitative estimate of drug-likeness (QED) is 0.294. The van der Waals surface area contributed by atoms with Crippen molar-refractivity contribution >= 4 is 28.4 Å². The van der Waals surface area contributed by atoms with Gasteiger partial charge in [0, 0.05) is 54.4 Å². The van der Waals surface area contributed by atoms with E-state index in [1.54, 1.807) is 13.1 Å². The first kappa shape index (κ1) is 27.7. The molecule has 2 N–H and O–H groups in total. The predicted octanol–water partition coefficient (Wildman–Crippen LogP) is 5.92. The molecule has 8 heteroatoms. The van der Waals surface area contributed by atoms with E-state index >= 15 is 0 Å². The van der Waals surface area contributed by atoms with Crippen LogP contribution in [0.4, 0.5) is 17.3 Å². The molecule has 2 fully saturated rings. The number of pyridine rings is 1. The second kappa shape index (κ2) is 11.4. The van der Waals surface area contributed by atoms with Crippen LogP contribution < -0.4 is 10.2 Å². The molecule has 0 amide bonds. The molecule has 1 aromatic carbocycles. The number of anilines is 3. The van der Waals surface area contributed by atoms with Gasteiger partial charge in [-0.25, -0.2) is 4.98 Å². The molecule has 8 nitrogen and oxygen atoms in total. The van der Waals surface area contributed by atoms with E-state index in [1.165, 1.54) is 44.5 Å². The molecule has 0 bridgehead atoms. The third kappa shape index (κ3) is 5.81. The van der Waals surface area contributed by atoms with Crippen molar-refractivity contribution in [3.8, 4) is 5.69 Å². The fourth-order valence-corrected chi connectivity index (χ4v) is 6.53. The van der Waals surface area contributed by atoms with Crippen LogP contribution in [0.5, 0.6) is 0 Å². The molecule has 0 saturated carbocycles. The van der Waals surface area contributed by atoms with Gasteiger partial charge in [-0.3, -0.25) is 9.55 Å².